The van der Waals surface area contributed by atoms with Crippen molar-refractivity contribution in [1.82, 2.24) is 15.0 Å². The van der Waals surface area contributed by atoms with Crippen LogP contribution in [0.3, 0.4) is 0 Å². The maximum absolute atomic E-state index is 12.0. The van der Waals surface area contributed by atoms with Gasteiger partial charge < -0.3 is 5.32 Å². The summed E-state index contributed by atoms with van der Waals surface area (Å²) in [6, 6.07) is 8.12. The first kappa shape index (κ1) is 20.7. The van der Waals surface area contributed by atoms with Crippen molar-refractivity contribution in [2.75, 3.05) is 11.9 Å². The van der Waals surface area contributed by atoms with Crippen molar-refractivity contribution in [2.45, 2.75) is 56.5 Å². The van der Waals surface area contributed by atoms with E-state index in [2.05, 4.69) is 46.0 Å². The number of rotatable bonds is 8. The summed E-state index contributed by atoms with van der Waals surface area (Å²) in [6.45, 7) is 7.07. The van der Waals surface area contributed by atoms with Crippen molar-refractivity contribution in [3.8, 4) is 0 Å². The average molecular weight is 422 g/mol. The molecule has 6 nitrogen and oxygen atoms in total. The van der Waals surface area contributed by atoms with Crippen molar-refractivity contribution in [3.63, 3.8) is 0 Å². The van der Waals surface area contributed by atoms with E-state index >= 15 is 0 Å². The predicted octanol–water partition coefficient (Wildman–Crippen LogP) is 4.51. The molecule has 0 atom stereocenters. The fraction of sp³-hybridized carbons (Fsp3) is 0.435. The van der Waals surface area contributed by atoms with Crippen LogP contribution >= 0.6 is 11.8 Å². The normalized spacial score (nSPS) is 15.9. The highest BCUT2D eigenvalue weighted by Crippen LogP contribution is 2.31. The lowest BCUT2D eigenvalue weighted by atomic mass is 10.1. The van der Waals surface area contributed by atoms with Gasteiger partial charge in [0.05, 0.1) is 6.54 Å². The van der Waals surface area contributed by atoms with Gasteiger partial charge in [-0.15, -0.1) is 0 Å². The van der Waals surface area contributed by atoms with Crippen LogP contribution in [-0.2, 0) is 17.6 Å². The molecule has 1 aliphatic heterocycles. The third-order valence-electron chi connectivity index (χ3n) is 4.92. The topological polar surface area (TPSA) is 80.1 Å². The second-order valence-electron chi connectivity index (χ2n) is 8.44. The van der Waals surface area contributed by atoms with E-state index in [1.54, 1.807) is 0 Å². The minimum absolute atomic E-state index is 0.303. The van der Waals surface area contributed by atoms with E-state index in [9.17, 15) is 4.79 Å². The minimum Gasteiger partial charge on any atom is -0.309 e. The molecule has 156 valence electrons. The molecular weight excluding hydrogens is 394 g/mol. The molecule has 0 radical (unpaired) electrons. The average Bonchev–Trinajstić information content (AvgIpc) is 3.46. The molecule has 0 unspecified atom stereocenters. The van der Waals surface area contributed by atoms with Gasteiger partial charge in [-0.3, -0.25) is 9.79 Å². The third-order valence-corrected chi connectivity index (χ3v) is 5.79. The number of nitrogens with zero attached hydrogens (tertiary/aromatic N) is 4. The number of amidine groups is 1. The number of ketones is 1. The molecule has 1 N–H and O–H groups in total. The molecule has 1 aromatic heterocycles. The summed E-state index contributed by atoms with van der Waals surface area (Å²) in [7, 11) is 0. The first-order valence-corrected chi connectivity index (χ1v) is 11.3. The highest BCUT2D eigenvalue weighted by molar-refractivity contribution is 7.99. The molecule has 1 aromatic carbocycles. The Morgan fingerprint density at radius 3 is 2.57 bits per heavy atom. The molecule has 1 aliphatic carbocycles. The van der Waals surface area contributed by atoms with Gasteiger partial charge in [0.15, 0.2) is 5.16 Å². The summed E-state index contributed by atoms with van der Waals surface area (Å²) in [5.74, 6) is 3.20. The van der Waals surface area contributed by atoms with Crippen LogP contribution in [0.1, 0.15) is 45.0 Å². The summed E-state index contributed by atoms with van der Waals surface area (Å²) in [5, 5.41) is 3.88. The number of benzene rings is 1. The predicted molar refractivity (Wildman–Crippen MR) is 120 cm³/mol. The van der Waals surface area contributed by atoms with Crippen molar-refractivity contribution in [3.05, 3.63) is 47.3 Å². The van der Waals surface area contributed by atoms with Crippen LogP contribution < -0.4 is 5.32 Å². The van der Waals surface area contributed by atoms with Crippen LogP contribution in [0.25, 0.3) is 0 Å². The van der Waals surface area contributed by atoms with Crippen LogP contribution in [0.5, 0.6) is 0 Å². The second-order valence-corrected chi connectivity index (χ2v) is 9.48. The van der Waals surface area contributed by atoms with Crippen molar-refractivity contribution in [1.29, 1.82) is 0 Å². The molecule has 2 aromatic rings. The monoisotopic (exact) mass is 421 g/mol. The fourth-order valence-electron chi connectivity index (χ4n) is 3.21. The highest BCUT2D eigenvalue weighted by Gasteiger charge is 2.29. The highest BCUT2D eigenvalue weighted by atomic mass is 32.2. The summed E-state index contributed by atoms with van der Waals surface area (Å²) >= 11 is 1.51. The number of aliphatic imine (C=N–C) groups is 1. The maximum Gasteiger partial charge on any atom is 0.232 e. The zero-order chi connectivity index (χ0) is 21.1. The molecule has 1 saturated carbocycles. The summed E-state index contributed by atoms with van der Waals surface area (Å²) < 4.78 is 0. The molecule has 0 saturated heterocycles. The lowest BCUT2D eigenvalue weighted by Crippen LogP contribution is -2.13. The molecular formula is C23H27N5OS. The Labute approximate surface area is 181 Å². The summed E-state index contributed by atoms with van der Waals surface area (Å²) in [4.78, 5) is 31.3. The number of anilines is 1. The van der Waals surface area contributed by atoms with E-state index in [0.717, 1.165) is 41.4 Å². The molecule has 2 aliphatic rings. The number of nitrogens with one attached hydrogen (secondary N) is 1. The van der Waals surface area contributed by atoms with Crippen LogP contribution in [-0.4, -0.2) is 33.1 Å². The number of carbonyl (C=O) groups excluding carboxylic acids is 1. The Hall–Kier alpha value is -2.54. The maximum atomic E-state index is 12.0. The lowest BCUT2D eigenvalue weighted by Gasteiger charge is -2.10. The summed E-state index contributed by atoms with van der Waals surface area (Å²) in [5.41, 5.74) is 2.28. The number of aromatic nitrogens is 3. The van der Waals surface area contributed by atoms with Gasteiger partial charge in [-0.2, -0.15) is 9.97 Å². The molecule has 2 heterocycles. The van der Waals surface area contributed by atoms with Crippen LogP contribution in [0.2, 0.25) is 0 Å². The Bertz CT molecular complexity index is 993. The lowest BCUT2D eigenvalue weighted by molar-refractivity contribution is -0.119. The van der Waals surface area contributed by atoms with Gasteiger partial charge in [0.2, 0.25) is 5.95 Å². The molecule has 0 bridgehead atoms. The first-order chi connectivity index (χ1) is 14.4. The number of hydrogen-bond donors (Lipinski definition) is 1. The van der Waals surface area contributed by atoms with Gasteiger partial charge in [-0.1, -0.05) is 26.0 Å². The zero-order valence-electron chi connectivity index (χ0n) is 17.7. The molecule has 0 spiro atoms. The van der Waals surface area contributed by atoms with Crippen LogP contribution in [0, 0.1) is 11.8 Å². The Morgan fingerprint density at radius 1 is 1.17 bits per heavy atom. The van der Waals surface area contributed by atoms with Gasteiger partial charge in [-0.25, -0.2) is 4.98 Å². The molecule has 4 rings (SSSR count). The van der Waals surface area contributed by atoms with Crippen molar-refractivity contribution >= 4 is 29.3 Å². The smallest absolute Gasteiger partial charge is 0.232 e. The number of Topliss-reactive ketones (excluding diaryl/α,β-unsaturated/α-hetero) is 1. The largest absolute Gasteiger partial charge is 0.309 e. The first-order valence-electron chi connectivity index (χ1n) is 10.5. The van der Waals surface area contributed by atoms with E-state index in [0.29, 0.717) is 41.7 Å². The SMILES string of the molecule is CC1=CC(Nc2nc(CC(C)C)nc(Sc3ccc(CC(=O)C4CC4)cc3)n2)=NC1. The van der Waals surface area contributed by atoms with Crippen molar-refractivity contribution in [2.24, 2.45) is 16.8 Å². The van der Waals surface area contributed by atoms with Gasteiger partial charge in [0.25, 0.3) is 0 Å². The molecule has 30 heavy (non-hydrogen) atoms. The third kappa shape index (κ3) is 5.75. The van der Waals surface area contributed by atoms with E-state index in [1.165, 1.54) is 17.3 Å². The second kappa shape index (κ2) is 9.08. The minimum atomic E-state index is 0.303. The van der Waals surface area contributed by atoms with E-state index in [1.807, 2.05) is 30.3 Å². The Balaban J connectivity index is 1.48. The molecule has 0 amide bonds. The van der Waals surface area contributed by atoms with Gasteiger partial charge in [0.1, 0.15) is 17.4 Å². The number of hydrogen-bond acceptors (Lipinski definition) is 7. The number of carbonyl (C=O) groups is 1. The van der Waals surface area contributed by atoms with Gasteiger partial charge >= 0.3 is 0 Å². The van der Waals surface area contributed by atoms with Gasteiger partial charge in [-0.05, 0) is 66.8 Å². The zero-order valence-corrected chi connectivity index (χ0v) is 18.5. The fourth-order valence-corrected chi connectivity index (χ4v) is 3.98. The molecule has 1 fully saturated rings. The standard InChI is InChI=1S/C23H27N5OS/c1-14(2)10-21-26-22(25-20-11-15(3)13-24-20)28-23(27-21)30-18-8-4-16(5-9-18)12-19(29)17-6-7-17/h4-5,8-9,11,14,17H,6-7,10,12-13H2,1-3H3,(H,24,25,26,27,28). The van der Waals surface area contributed by atoms with E-state index in [4.69, 9.17) is 0 Å². The van der Waals surface area contributed by atoms with Gasteiger partial charge in [0, 0.05) is 23.7 Å². The Kier molecular flexibility index (Phi) is 6.27. The molecule has 7 heteroatoms. The quantitative estimate of drug-likeness (QED) is 0.675. The van der Waals surface area contributed by atoms with E-state index < -0.39 is 0 Å². The van der Waals surface area contributed by atoms with Crippen LogP contribution in [0.4, 0.5) is 5.95 Å². The van der Waals surface area contributed by atoms with Crippen LogP contribution in [0.15, 0.2) is 51.0 Å². The Morgan fingerprint density at radius 2 is 1.93 bits per heavy atom. The van der Waals surface area contributed by atoms with Crippen molar-refractivity contribution < 1.29 is 4.79 Å². The summed E-state index contributed by atoms with van der Waals surface area (Å²) in [6.07, 6.45) is 5.45. The van der Waals surface area contributed by atoms with E-state index in [-0.39, 0.29) is 0 Å².